The van der Waals surface area contributed by atoms with Crippen LogP contribution in [0, 0.1) is 5.41 Å². The maximum absolute atomic E-state index is 12.0. The molecular weight excluding hydrogens is 240 g/mol. The summed E-state index contributed by atoms with van der Waals surface area (Å²) in [5.41, 5.74) is -0.204. The van der Waals surface area contributed by atoms with Crippen LogP contribution >= 0.6 is 0 Å². The lowest BCUT2D eigenvalue weighted by Crippen LogP contribution is -2.41. The van der Waals surface area contributed by atoms with Crippen LogP contribution in [0.4, 0.5) is 0 Å². The molecular formula is C15H28N2O2. The third kappa shape index (κ3) is 4.46. The van der Waals surface area contributed by atoms with Gasteiger partial charge in [-0.15, -0.1) is 0 Å². The molecule has 1 heterocycles. The van der Waals surface area contributed by atoms with Crippen LogP contribution in [-0.2, 0) is 9.53 Å². The normalized spacial score (nSPS) is 28.5. The SMILES string of the molecule is CC1(C(=O)NCCCOC2CCCCC2)CCNC1. The van der Waals surface area contributed by atoms with Crippen LogP contribution in [0.5, 0.6) is 0 Å². The van der Waals surface area contributed by atoms with Gasteiger partial charge in [0, 0.05) is 19.7 Å². The molecule has 0 aromatic rings. The summed E-state index contributed by atoms with van der Waals surface area (Å²) in [7, 11) is 0. The fraction of sp³-hybridized carbons (Fsp3) is 0.933. The van der Waals surface area contributed by atoms with Gasteiger partial charge in [-0.25, -0.2) is 0 Å². The van der Waals surface area contributed by atoms with E-state index in [0.717, 1.165) is 39.1 Å². The second kappa shape index (κ2) is 7.25. The van der Waals surface area contributed by atoms with Crippen LogP contribution in [0.25, 0.3) is 0 Å². The zero-order valence-corrected chi connectivity index (χ0v) is 12.2. The van der Waals surface area contributed by atoms with Gasteiger partial charge < -0.3 is 15.4 Å². The Morgan fingerprint density at radius 2 is 2.16 bits per heavy atom. The number of hydrogen-bond donors (Lipinski definition) is 2. The minimum atomic E-state index is -0.204. The van der Waals surface area contributed by atoms with E-state index in [2.05, 4.69) is 10.6 Å². The van der Waals surface area contributed by atoms with Crippen molar-refractivity contribution in [1.29, 1.82) is 0 Å². The lowest BCUT2D eigenvalue weighted by Gasteiger charge is -2.23. The third-order valence-electron chi connectivity index (χ3n) is 4.43. The van der Waals surface area contributed by atoms with Crippen molar-refractivity contribution in [2.45, 2.75) is 58.0 Å². The summed E-state index contributed by atoms with van der Waals surface area (Å²) in [6, 6.07) is 0. The summed E-state index contributed by atoms with van der Waals surface area (Å²) >= 11 is 0. The summed E-state index contributed by atoms with van der Waals surface area (Å²) in [6.45, 7) is 5.31. The Morgan fingerprint density at radius 1 is 1.37 bits per heavy atom. The smallest absolute Gasteiger partial charge is 0.227 e. The van der Waals surface area contributed by atoms with Crippen molar-refractivity contribution in [3.63, 3.8) is 0 Å². The average Bonchev–Trinajstić information content (AvgIpc) is 2.88. The largest absolute Gasteiger partial charge is 0.378 e. The van der Waals surface area contributed by atoms with Gasteiger partial charge in [0.25, 0.3) is 0 Å². The van der Waals surface area contributed by atoms with Gasteiger partial charge >= 0.3 is 0 Å². The van der Waals surface area contributed by atoms with Gasteiger partial charge in [-0.1, -0.05) is 19.3 Å². The van der Waals surface area contributed by atoms with Crippen LogP contribution in [0.1, 0.15) is 51.9 Å². The standard InChI is InChI=1S/C15H28N2O2/c1-15(8-10-16-12-15)14(18)17-9-5-11-19-13-6-3-2-4-7-13/h13,16H,2-12H2,1H3,(H,17,18). The summed E-state index contributed by atoms with van der Waals surface area (Å²) in [5.74, 6) is 0.190. The van der Waals surface area contributed by atoms with Gasteiger partial charge in [-0.3, -0.25) is 4.79 Å². The van der Waals surface area contributed by atoms with Crippen molar-refractivity contribution in [2.24, 2.45) is 5.41 Å². The number of rotatable bonds is 6. The highest BCUT2D eigenvalue weighted by atomic mass is 16.5. The molecule has 1 saturated carbocycles. The highest BCUT2D eigenvalue weighted by Crippen LogP contribution is 2.24. The molecule has 0 radical (unpaired) electrons. The number of carbonyl (C=O) groups is 1. The van der Waals surface area contributed by atoms with Crippen LogP contribution in [0.2, 0.25) is 0 Å². The molecule has 1 saturated heterocycles. The number of nitrogens with one attached hydrogen (secondary N) is 2. The van der Waals surface area contributed by atoms with Gasteiger partial charge in [0.1, 0.15) is 0 Å². The lowest BCUT2D eigenvalue weighted by molar-refractivity contribution is -0.129. The Labute approximate surface area is 116 Å². The third-order valence-corrected chi connectivity index (χ3v) is 4.43. The zero-order valence-electron chi connectivity index (χ0n) is 12.2. The Hall–Kier alpha value is -0.610. The van der Waals surface area contributed by atoms with Crippen LogP contribution < -0.4 is 10.6 Å². The second-order valence-corrected chi connectivity index (χ2v) is 6.23. The minimum absolute atomic E-state index is 0.190. The molecule has 110 valence electrons. The van der Waals surface area contributed by atoms with E-state index in [1.807, 2.05) is 6.92 Å². The highest BCUT2D eigenvalue weighted by molar-refractivity contribution is 5.82. The van der Waals surface area contributed by atoms with Crippen molar-refractivity contribution < 1.29 is 9.53 Å². The fourth-order valence-corrected chi connectivity index (χ4v) is 2.98. The Morgan fingerprint density at radius 3 is 2.84 bits per heavy atom. The van der Waals surface area contributed by atoms with Crippen LogP contribution in [-0.4, -0.2) is 38.3 Å². The van der Waals surface area contributed by atoms with Gasteiger partial charge in [0.15, 0.2) is 0 Å². The maximum Gasteiger partial charge on any atom is 0.227 e. The topological polar surface area (TPSA) is 50.4 Å². The van der Waals surface area contributed by atoms with Crippen LogP contribution in [0.3, 0.4) is 0 Å². The van der Waals surface area contributed by atoms with E-state index >= 15 is 0 Å². The molecule has 2 aliphatic rings. The zero-order chi connectivity index (χ0) is 13.6. The van der Waals surface area contributed by atoms with E-state index in [9.17, 15) is 4.79 Å². The first-order valence-corrected chi connectivity index (χ1v) is 7.81. The van der Waals surface area contributed by atoms with Crippen molar-refractivity contribution in [2.75, 3.05) is 26.2 Å². The quantitative estimate of drug-likeness (QED) is 0.723. The molecule has 4 heteroatoms. The van der Waals surface area contributed by atoms with Gasteiger partial charge in [0.05, 0.1) is 11.5 Å². The summed E-state index contributed by atoms with van der Waals surface area (Å²) in [6.07, 6.45) is 8.76. The van der Waals surface area contributed by atoms with Crippen molar-refractivity contribution in [3.05, 3.63) is 0 Å². The maximum atomic E-state index is 12.0. The molecule has 2 fully saturated rings. The molecule has 19 heavy (non-hydrogen) atoms. The first kappa shape index (κ1) is 14.8. The molecule has 0 spiro atoms. The molecule has 1 atom stereocenters. The molecule has 1 amide bonds. The predicted molar refractivity (Wildman–Crippen MR) is 76.0 cm³/mol. The van der Waals surface area contributed by atoms with Crippen molar-refractivity contribution in [3.8, 4) is 0 Å². The van der Waals surface area contributed by atoms with E-state index in [-0.39, 0.29) is 11.3 Å². The Kier molecular flexibility index (Phi) is 5.64. The van der Waals surface area contributed by atoms with Gasteiger partial charge in [-0.05, 0) is 39.2 Å². The van der Waals surface area contributed by atoms with E-state index < -0.39 is 0 Å². The van der Waals surface area contributed by atoms with E-state index in [4.69, 9.17) is 4.74 Å². The van der Waals surface area contributed by atoms with E-state index in [1.165, 1.54) is 32.1 Å². The molecule has 4 nitrogen and oxygen atoms in total. The molecule has 1 aliphatic heterocycles. The molecule has 2 N–H and O–H groups in total. The molecule has 1 unspecified atom stereocenters. The summed E-state index contributed by atoms with van der Waals surface area (Å²) in [4.78, 5) is 12.0. The van der Waals surface area contributed by atoms with E-state index in [1.54, 1.807) is 0 Å². The van der Waals surface area contributed by atoms with Crippen molar-refractivity contribution >= 4 is 5.91 Å². The second-order valence-electron chi connectivity index (χ2n) is 6.23. The lowest BCUT2D eigenvalue weighted by atomic mass is 9.89. The van der Waals surface area contributed by atoms with Gasteiger partial charge in [0.2, 0.25) is 5.91 Å². The number of hydrogen-bond acceptors (Lipinski definition) is 3. The molecule has 0 bridgehead atoms. The Bertz CT molecular complexity index is 282. The van der Waals surface area contributed by atoms with Gasteiger partial charge in [-0.2, -0.15) is 0 Å². The molecule has 0 aromatic carbocycles. The highest BCUT2D eigenvalue weighted by Gasteiger charge is 2.35. The number of ether oxygens (including phenoxy) is 1. The van der Waals surface area contributed by atoms with E-state index in [0.29, 0.717) is 6.10 Å². The molecule has 1 aliphatic carbocycles. The number of amides is 1. The monoisotopic (exact) mass is 268 g/mol. The summed E-state index contributed by atoms with van der Waals surface area (Å²) < 4.78 is 5.85. The first-order valence-electron chi connectivity index (χ1n) is 7.81. The fourth-order valence-electron chi connectivity index (χ4n) is 2.98. The summed E-state index contributed by atoms with van der Waals surface area (Å²) in [5, 5.41) is 6.30. The Balaban J connectivity index is 1.52. The molecule has 2 rings (SSSR count). The van der Waals surface area contributed by atoms with Crippen LogP contribution in [0.15, 0.2) is 0 Å². The minimum Gasteiger partial charge on any atom is -0.378 e. The number of carbonyl (C=O) groups excluding carboxylic acids is 1. The first-order chi connectivity index (χ1) is 9.21. The molecule has 0 aromatic heterocycles. The average molecular weight is 268 g/mol. The predicted octanol–water partition coefficient (Wildman–Crippen LogP) is 1.84. The van der Waals surface area contributed by atoms with Crippen molar-refractivity contribution in [1.82, 2.24) is 10.6 Å².